The summed E-state index contributed by atoms with van der Waals surface area (Å²) in [7, 11) is 0. The molecule has 4 rings (SSSR count). The van der Waals surface area contributed by atoms with Crippen LogP contribution in [0.25, 0.3) is 0 Å². The van der Waals surface area contributed by atoms with Gasteiger partial charge in [0.15, 0.2) is 17.3 Å². The largest absolute Gasteiger partial charge is 0.454 e. The van der Waals surface area contributed by atoms with Crippen molar-refractivity contribution < 1.29 is 23.6 Å². The second-order valence-corrected chi connectivity index (χ2v) is 6.24. The Morgan fingerprint density at radius 3 is 2.48 bits per heavy atom. The standard InChI is InChI=1S/C18H16FN3O5/c19-14-10-13(22(24)25)2-3-15(14)20-5-7-21(8-6-20)18(23)12-1-4-16-17(9-12)27-11-26-16/h1-4,9-10H,5-8,11H2. The van der Waals surface area contributed by atoms with E-state index in [1.165, 1.54) is 12.1 Å². The molecule has 1 amide bonds. The number of carbonyl (C=O) groups excluding carboxylic acids is 1. The number of benzene rings is 2. The second-order valence-electron chi connectivity index (χ2n) is 6.24. The smallest absolute Gasteiger partial charge is 0.272 e. The Balaban J connectivity index is 1.43. The zero-order chi connectivity index (χ0) is 19.0. The molecule has 2 aliphatic rings. The average Bonchev–Trinajstić information content (AvgIpc) is 3.15. The molecule has 2 heterocycles. The Morgan fingerprint density at radius 2 is 1.78 bits per heavy atom. The minimum Gasteiger partial charge on any atom is -0.454 e. The number of nitrogens with zero attached hydrogens (tertiary/aromatic N) is 3. The Labute approximate surface area is 153 Å². The molecule has 0 atom stereocenters. The van der Waals surface area contributed by atoms with E-state index in [1.807, 2.05) is 0 Å². The van der Waals surface area contributed by atoms with Gasteiger partial charge in [-0.2, -0.15) is 0 Å². The van der Waals surface area contributed by atoms with E-state index in [9.17, 15) is 19.3 Å². The summed E-state index contributed by atoms with van der Waals surface area (Å²) in [5.74, 6) is 0.398. The molecule has 0 bridgehead atoms. The van der Waals surface area contributed by atoms with Crippen LogP contribution in [-0.2, 0) is 0 Å². The Morgan fingerprint density at radius 1 is 1.04 bits per heavy atom. The van der Waals surface area contributed by atoms with Crippen LogP contribution in [0.15, 0.2) is 36.4 Å². The van der Waals surface area contributed by atoms with E-state index in [4.69, 9.17) is 9.47 Å². The molecule has 1 fully saturated rings. The fraction of sp³-hybridized carbons (Fsp3) is 0.278. The summed E-state index contributed by atoms with van der Waals surface area (Å²) in [6, 6.07) is 8.66. The molecule has 0 saturated carbocycles. The zero-order valence-corrected chi connectivity index (χ0v) is 14.3. The van der Waals surface area contributed by atoms with Gasteiger partial charge in [0.1, 0.15) is 0 Å². The maximum atomic E-state index is 14.2. The lowest BCUT2D eigenvalue weighted by Gasteiger charge is -2.36. The first-order valence-electron chi connectivity index (χ1n) is 8.41. The van der Waals surface area contributed by atoms with Crippen molar-refractivity contribution in [2.45, 2.75) is 0 Å². The van der Waals surface area contributed by atoms with Crippen molar-refractivity contribution in [3.63, 3.8) is 0 Å². The lowest BCUT2D eigenvalue weighted by atomic mass is 10.1. The summed E-state index contributed by atoms with van der Waals surface area (Å²) < 4.78 is 24.7. The molecular formula is C18H16FN3O5. The summed E-state index contributed by atoms with van der Waals surface area (Å²) in [5, 5.41) is 10.7. The number of nitro groups is 1. The van der Waals surface area contributed by atoms with Gasteiger partial charge in [0.2, 0.25) is 6.79 Å². The van der Waals surface area contributed by atoms with Crippen molar-refractivity contribution in [1.82, 2.24) is 4.90 Å². The quantitative estimate of drug-likeness (QED) is 0.607. The van der Waals surface area contributed by atoms with Gasteiger partial charge in [-0.1, -0.05) is 0 Å². The monoisotopic (exact) mass is 373 g/mol. The third-order valence-electron chi connectivity index (χ3n) is 4.67. The third-order valence-corrected chi connectivity index (χ3v) is 4.67. The number of carbonyl (C=O) groups is 1. The minimum absolute atomic E-state index is 0.128. The summed E-state index contributed by atoms with van der Waals surface area (Å²) >= 11 is 0. The summed E-state index contributed by atoms with van der Waals surface area (Å²) in [6.07, 6.45) is 0. The molecule has 0 aliphatic carbocycles. The predicted octanol–water partition coefficient (Wildman–Crippen LogP) is 2.43. The highest BCUT2D eigenvalue weighted by Gasteiger charge is 2.25. The first kappa shape index (κ1) is 17.1. The van der Waals surface area contributed by atoms with E-state index in [-0.39, 0.29) is 18.4 Å². The van der Waals surface area contributed by atoms with Gasteiger partial charge in [0.05, 0.1) is 16.7 Å². The molecule has 140 valence electrons. The van der Waals surface area contributed by atoms with E-state index in [0.717, 1.165) is 6.07 Å². The molecule has 0 aromatic heterocycles. The van der Waals surface area contributed by atoms with Crippen molar-refractivity contribution in [3.05, 3.63) is 57.9 Å². The zero-order valence-electron chi connectivity index (χ0n) is 14.3. The lowest BCUT2D eigenvalue weighted by molar-refractivity contribution is -0.385. The van der Waals surface area contributed by atoms with Gasteiger partial charge in [0, 0.05) is 37.8 Å². The topological polar surface area (TPSA) is 85.2 Å². The molecule has 2 aliphatic heterocycles. The van der Waals surface area contributed by atoms with E-state index >= 15 is 0 Å². The van der Waals surface area contributed by atoms with Crippen LogP contribution in [0.2, 0.25) is 0 Å². The number of anilines is 1. The maximum absolute atomic E-state index is 14.2. The van der Waals surface area contributed by atoms with Crippen LogP contribution >= 0.6 is 0 Å². The molecule has 27 heavy (non-hydrogen) atoms. The van der Waals surface area contributed by atoms with Crippen molar-refractivity contribution in [1.29, 1.82) is 0 Å². The number of non-ortho nitro benzene ring substituents is 1. The molecule has 2 aromatic rings. The van der Waals surface area contributed by atoms with Crippen molar-refractivity contribution >= 4 is 17.3 Å². The minimum atomic E-state index is -0.639. The second kappa shape index (κ2) is 6.75. The van der Waals surface area contributed by atoms with Crippen LogP contribution in [0.3, 0.4) is 0 Å². The number of piperazine rings is 1. The van der Waals surface area contributed by atoms with E-state index in [2.05, 4.69) is 0 Å². The van der Waals surface area contributed by atoms with Crippen molar-refractivity contribution in [3.8, 4) is 11.5 Å². The van der Waals surface area contributed by atoms with Crippen LogP contribution in [0.5, 0.6) is 11.5 Å². The molecule has 0 spiro atoms. The Kier molecular flexibility index (Phi) is 4.27. The molecule has 8 nitrogen and oxygen atoms in total. The van der Waals surface area contributed by atoms with Crippen molar-refractivity contribution in [2.24, 2.45) is 0 Å². The number of ether oxygens (including phenoxy) is 2. The number of halogens is 1. The van der Waals surface area contributed by atoms with Gasteiger partial charge >= 0.3 is 0 Å². The van der Waals surface area contributed by atoms with Crippen LogP contribution in [0.1, 0.15) is 10.4 Å². The third kappa shape index (κ3) is 3.23. The summed E-state index contributed by atoms with van der Waals surface area (Å²) in [5.41, 5.74) is 0.526. The maximum Gasteiger partial charge on any atom is 0.272 e. The predicted molar refractivity (Wildman–Crippen MR) is 93.7 cm³/mol. The van der Waals surface area contributed by atoms with Gasteiger partial charge in [-0.3, -0.25) is 14.9 Å². The average molecular weight is 373 g/mol. The summed E-state index contributed by atoms with van der Waals surface area (Å²) in [6.45, 7) is 1.86. The normalized spacial score (nSPS) is 15.7. The van der Waals surface area contributed by atoms with Crippen molar-refractivity contribution in [2.75, 3.05) is 37.9 Å². The number of amides is 1. The number of nitro benzene ring substituents is 1. The van der Waals surface area contributed by atoms with E-state index < -0.39 is 10.7 Å². The first-order chi connectivity index (χ1) is 13.0. The molecule has 0 unspecified atom stereocenters. The summed E-state index contributed by atoms with van der Waals surface area (Å²) in [4.78, 5) is 26.3. The highest BCUT2D eigenvalue weighted by molar-refractivity contribution is 5.95. The fourth-order valence-electron chi connectivity index (χ4n) is 3.23. The van der Waals surface area contributed by atoms with Crippen LogP contribution in [0.4, 0.5) is 15.8 Å². The Hall–Kier alpha value is -3.36. The van der Waals surface area contributed by atoms with Gasteiger partial charge < -0.3 is 19.3 Å². The lowest BCUT2D eigenvalue weighted by Crippen LogP contribution is -2.49. The van der Waals surface area contributed by atoms with Gasteiger partial charge in [-0.25, -0.2) is 4.39 Å². The number of rotatable bonds is 3. The number of hydrogen-bond acceptors (Lipinski definition) is 6. The molecule has 2 aromatic carbocycles. The molecule has 0 radical (unpaired) electrons. The van der Waals surface area contributed by atoms with Gasteiger partial charge in [0.25, 0.3) is 11.6 Å². The van der Waals surface area contributed by atoms with E-state index in [0.29, 0.717) is 48.9 Å². The van der Waals surface area contributed by atoms with E-state index in [1.54, 1.807) is 28.0 Å². The first-order valence-corrected chi connectivity index (χ1v) is 8.41. The molecular weight excluding hydrogens is 357 g/mol. The van der Waals surface area contributed by atoms with Crippen LogP contribution in [0, 0.1) is 15.9 Å². The SMILES string of the molecule is O=C(c1ccc2c(c1)OCO2)N1CCN(c2ccc([N+](=O)[O-])cc2F)CC1. The highest BCUT2D eigenvalue weighted by atomic mass is 19.1. The van der Waals surface area contributed by atoms with Crippen LogP contribution in [-0.4, -0.2) is 48.7 Å². The Bertz CT molecular complexity index is 912. The number of fused-ring (bicyclic) bond motifs is 1. The van der Waals surface area contributed by atoms with Crippen LogP contribution < -0.4 is 14.4 Å². The highest BCUT2D eigenvalue weighted by Crippen LogP contribution is 2.33. The number of hydrogen-bond donors (Lipinski definition) is 0. The van der Waals surface area contributed by atoms with Gasteiger partial charge in [-0.15, -0.1) is 0 Å². The fourth-order valence-corrected chi connectivity index (χ4v) is 3.23. The van der Waals surface area contributed by atoms with Gasteiger partial charge in [-0.05, 0) is 24.3 Å². The molecule has 1 saturated heterocycles. The molecule has 0 N–H and O–H groups in total. The molecule has 9 heteroatoms.